The van der Waals surface area contributed by atoms with E-state index in [0.29, 0.717) is 17.4 Å². The summed E-state index contributed by atoms with van der Waals surface area (Å²) < 4.78 is 28.6. The third-order valence-electron chi connectivity index (χ3n) is 3.97. The predicted molar refractivity (Wildman–Crippen MR) is 91.2 cm³/mol. The van der Waals surface area contributed by atoms with Crippen LogP contribution in [0.2, 0.25) is 0 Å². The highest BCUT2D eigenvalue weighted by molar-refractivity contribution is 9.10. The summed E-state index contributed by atoms with van der Waals surface area (Å²) in [5.74, 6) is 0.367. The van der Waals surface area contributed by atoms with Gasteiger partial charge in [-0.25, -0.2) is 13.1 Å². The molecular formula is C14H22BrClN2O2S. The summed E-state index contributed by atoms with van der Waals surface area (Å²) in [4.78, 5) is 0.301. The fourth-order valence-corrected chi connectivity index (χ4v) is 4.40. The highest BCUT2D eigenvalue weighted by Crippen LogP contribution is 2.28. The van der Waals surface area contributed by atoms with Crippen molar-refractivity contribution in [2.75, 3.05) is 6.54 Å². The topological polar surface area (TPSA) is 72.2 Å². The molecule has 1 unspecified atom stereocenters. The van der Waals surface area contributed by atoms with Gasteiger partial charge in [0.2, 0.25) is 10.0 Å². The second-order valence-corrected chi connectivity index (χ2v) is 7.99. The van der Waals surface area contributed by atoms with Gasteiger partial charge in [-0.15, -0.1) is 12.4 Å². The molecule has 1 aromatic carbocycles. The zero-order valence-corrected chi connectivity index (χ0v) is 15.2. The third-order valence-corrected chi connectivity index (χ3v) is 6.35. The van der Waals surface area contributed by atoms with E-state index in [9.17, 15) is 8.42 Å². The molecule has 7 heteroatoms. The van der Waals surface area contributed by atoms with Gasteiger partial charge >= 0.3 is 0 Å². The first-order valence-corrected chi connectivity index (χ1v) is 9.20. The van der Waals surface area contributed by atoms with Crippen LogP contribution in [0.15, 0.2) is 27.6 Å². The molecule has 21 heavy (non-hydrogen) atoms. The van der Waals surface area contributed by atoms with Crippen LogP contribution in [0.5, 0.6) is 0 Å². The van der Waals surface area contributed by atoms with Gasteiger partial charge in [-0.05, 0) is 49.4 Å². The third kappa shape index (κ3) is 4.66. The largest absolute Gasteiger partial charge is 0.329 e. The van der Waals surface area contributed by atoms with E-state index in [0.717, 1.165) is 22.9 Å². The second-order valence-electron chi connectivity index (χ2n) is 5.42. The first-order chi connectivity index (χ1) is 9.44. The summed E-state index contributed by atoms with van der Waals surface area (Å²) in [7, 11) is -3.50. The quantitative estimate of drug-likeness (QED) is 0.802. The molecule has 1 atom stereocenters. The molecule has 2 rings (SSSR count). The molecule has 0 radical (unpaired) electrons. The Labute approximate surface area is 141 Å². The first kappa shape index (κ1) is 18.9. The molecule has 0 aromatic heterocycles. The summed E-state index contributed by atoms with van der Waals surface area (Å²) in [5.41, 5.74) is 6.66. The minimum absolute atomic E-state index is 0. The molecule has 4 nitrogen and oxygen atoms in total. The van der Waals surface area contributed by atoms with Crippen molar-refractivity contribution < 1.29 is 8.42 Å². The van der Waals surface area contributed by atoms with Crippen LogP contribution < -0.4 is 10.5 Å². The lowest BCUT2D eigenvalue weighted by Crippen LogP contribution is -2.44. The molecule has 1 fully saturated rings. The number of nitrogens with one attached hydrogen (secondary N) is 1. The Bertz CT molecular complexity index is 574. The summed E-state index contributed by atoms with van der Waals surface area (Å²) in [6.07, 6.45) is 4.45. The van der Waals surface area contributed by atoms with Crippen LogP contribution in [0.4, 0.5) is 0 Å². The second kappa shape index (κ2) is 7.92. The number of rotatable bonds is 5. The highest BCUT2D eigenvalue weighted by atomic mass is 79.9. The van der Waals surface area contributed by atoms with E-state index < -0.39 is 10.0 Å². The average Bonchev–Trinajstić information content (AvgIpc) is 2.93. The van der Waals surface area contributed by atoms with Gasteiger partial charge in [-0.3, -0.25) is 0 Å². The molecule has 0 amide bonds. The van der Waals surface area contributed by atoms with E-state index in [1.54, 1.807) is 18.2 Å². The Morgan fingerprint density at radius 1 is 1.38 bits per heavy atom. The molecule has 120 valence electrons. The minimum atomic E-state index is -3.50. The van der Waals surface area contributed by atoms with Crippen molar-refractivity contribution in [1.82, 2.24) is 4.72 Å². The van der Waals surface area contributed by atoms with Crippen LogP contribution in [0.25, 0.3) is 0 Å². The van der Waals surface area contributed by atoms with Crippen LogP contribution in [0, 0.1) is 12.8 Å². The summed E-state index contributed by atoms with van der Waals surface area (Å²) in [6, 6.07) is 4.89. The normalized spacial score (nSPS) is 17.5. The number of hydrogen-bond acceptors (Lipinski definition) is 3. The van der Waals surface area contributed by atoms with Crippen LogP contribution in [-0.4, -0.2) is 21.0 Å². The fourth-order valence-electron chi connectivity index (χ4n) is 2.75. The van der Waals surface area contributed by atoms with Crippen LogP contribution in [0.1, 0.15) is 31.2 Å². The molecule has 0 heterocycles. The highest BCUT2D eigenvalue weighted by Gasteiger charge is 2.28. The Morgan fingerprint density at radius 2 is 2.00 bits per heavy atom. The Kier molecular flexibility index (Phi) is 7.13. The van der Waals surface area contributed by atoms with Crippen molar-refractivity contribution in [2.24, 2.45) is 11.7 Å². The number of sulfonamides is 1. The van der Waals surface area contributed by atoms with Gasteiger partial charge in [0.05, 0.1) is 4.90 Å². The standard InChI is InChI=1S/C14H21BrN2O2S.ClH/c1-10-8-12(6-7-13(10)15)20(18,19)17-14(9-16)11-4-2-3-5-11;/h6-8,11,14,17H,2-5,9,16H2,1H3;1H. The summed E-state index contributed by atoms with van der Waals surface area (Å²) in [5, 5.41) is 0. The minimum Gasteiger partial charge on any atom is -0.329 e. The maximum absolute atomic E-state index is 12.4. The monoisotopic (exact) mass is 396 g/mol. The van der Waals surface area contributed by atoms with Gasteiger partial charge in [-0.2, -0.15) is 0 Å². The lowest BCUT2D eigenvalue weighted by molar-refractivity contribution is 0.405. The van der Waals surface area contributed by atoms with Crippen molar-refractivity contribution >= 4 is 38.4 Å². The van der Waals surface area contributed by atoms with Gasteiger partial charge in [0, 0.05) is 17.1 Å². The lowest BCUT2D eigenvalue weighted by Gasteiger charge is -2.23. The van der Waals surface area contributed by atoms with Gasteiger partial charge in [0.15, 0.2) is 0 Å². The van der Waals surface area contributed by atoms with Crippen molar-refractivity contribution in [3.8, 4) is 0 Å². The van der Waals surface area contributed by atoms with E-state index >= 15 is 0 Å². The summed E-state index contributed by atoms with van der Waals surface area (Å²) >= 11 is 3.38. The van der Waals surface area contributed by atoms with Crippen LogP contribution in [0.3, 0.4) is 0 Å². The van der Waals surface area contributed by atoms with E-state index in [1.165, 1.54) is 12.8 Å². The van der Waals surface area contributed by atoms with Crippen molar-refractivity contribution in [2.45, 2.75) is 43.5 Å². The van der Waals surface area contributed by atoms with Gasteiger partial charge in [-0.1, -0.05) is 28.8 Å². The molecule has 1 aliphatic rings. The zero-order valence-electron chi connectivity index (χ0n) is 12.0. The number of halogens is 2. The molecule has 1 aliphatic carbocycles. The number of nitrogens with two attached hydrogens (primary N) is 1. The number of aryl methyl sites for hydroxylation is 1. The molecular weight excluding hydrogens is 376 g/mol. The van der Waals surface area contributed by atoms with Crippen molar-refractivity contribution in [1.29, 1.82) is 0 Å². The molecule has 0 bridgehead atoms. The smallest absolute Gasteiger partial charge is 0.240 e. The van der Waals surface area contributed by atoms with Gasteiger partial charge < -0.3 is 5.73 Å². The maximum Gasteiger partial charge on any atom is 0.240 e. The molecule has 1 aromatic rings. The van der Waals surface area contributed by atoms with E-state index in [2.05, 4.69) is 20.7 Å². The van der Waals surface area contributed by atoms with Gasteiger partial charge in [0.25, 0.3) is 0 Å². The molecule has 3 N–H and O–H groups in total. The van der Waals surface area contributed by atoms with Gasteiger partial charge in [0.1, 0.15) is 0 Å². The van der Waals surface area contributed by atoms with E-state index in [4.69, 9.17) is 5.73 Å². The van der Waals surface area contributed by atoms with Crippen molar-refractivity contribution in [3.63, 3.8) is 0 Å². The average molecular weight is 398 g/mol. The van der Waals surface area contributed by atoms with E-state index in [-0.39, 0.29) is 18.4 Å². The van der Waals surface area contributed by atoms with Crippen LogP contribution >= 0.6 is 28.3 Å². The SMILES string of the molecule is Cc1cc(S(=O)(=O)NC(CN)C2CCCC2)ccc1Br.Cl. The van der Waals surface area contributed by atoms with Crippen LogP contribution in [-0.2, 0) is 10.0 Å². The number of hydrogen-bond donors (Lipinski definition) is 2. The maximum atomic E-state index is 12.4. The predicted octanol–water partition coefficient (Wildman–Crippen LogP) is 2.98. The lowest BCUT2D eigenvalue weighted by atomic mass is 9.99. The first-order valence-electron chi connectivity index (χ1n) is 6.92. The van der Waals surface area contributed by atoms with E-state index in [1.807, 2.05) is 6.92 Å². The molecule has 0 spiro atoms. The van der Waals surface area contributed by atoms with Crippen molar-refractivity contribution in [3.05, 3.63) is 28.2 Å². The number of benzene rings is 1. The molecule has 0 aliphatic heterocycles. The molecule has 0 saturated heterocycles. The zero-order chi connectivity index (χ0) is 14.8. The Hall–Kier alpha value is -0.140. The fraction of sp³-hybridized carbons (Fsp3) is 0.571. The Balaban J connectivity index is 0.00000220. The molecule has 1 saturated carbocycles. The summed E-state index contributed by atoms with van der Waals surface area (Å²) in [6.45, 7) is 2.22. The Morgan fingerprint density at radius 3 is 2.52 bits per heavy atom.